The van der Waals surface area contributed by atoms with Crippen LogP contribution in [0.1, 0.15) is 23.6 Å². The van der Waals surface area contributed by atoms with Crippen molar-refractivity contribution in [3.8, 4) is 5.75 Å². The van der Waals surface area contributed by atoms with Gasteiger partial charge in [0.15, 0.2) is 6.61 Å². The molecule has 0 aliphatic rings. The highest BCUT2D eigenvalue weighted by Crippen LogP contribution is 2.35. The number of anilines is 1. The van der Waals surface area contributed by atoms with E-state index in [0.717, 1.165) is 23.6 Å². The number of aryl methyl sites for hydroxylation is 2. The maximum atomic E-state index is 12.9. The van der Waals surface area contributed by atoms with Crippen molar-refractivity contribution >= 4 is 11.6 Å². The second-order valence-corrected chi connectivity index (χ2v) is 5.29. The standard InChI is InChI=1S/C18H18F3NO2/c1-3-13-8-6-7-12(2)17(13)22-16(23)11-24-15-10-5-4-9-14(15)18(19,20)21/h4-10H,3,11H2,1-2H3,(H,22,23). The normalized spacial score (nSPS) is 11.2. The Labute approximate surface area is 138 Å². The molecule has 3 nitrogen and oxygen atoms in total. The van der Waals surface area contributed by atoms with Crippen molar-refractivity contribution in [1.29, 1.82) is 0 Å². The fraction of sp³-hybridized carbons (Fsp3) is 0.278. The van der Waals surface area contributed by atoms with Crippen LogP contribution < -0.4 is 10.1 Å². The van der Waals surface area contributed by atoms with E-state index in [0.29, 0.717) is 5.69 Å². The first-order chi connectivity index (χ1) is 11.3. The third-order valence-electron chi connectivity index (χ3n) is 3.56. The Morgan fingerprint density at radius 3 is 2.50 bits per heavy atom. The Balaban J connectivity index is 2.08. The zero-order valence-electron chi connectivity index (χ0n) is 13.4. The van der Waals surface area contributed by atoms with E-state index < -0.39 is 24.3 Å². The van der Waals surface area contributed by atoms with Gasteiger partial charge in [0.2, 0.25) is 0 Å². The number of rotatable bonds is 5. The minimum absolute atomic E-state index is 0.361. The molecule has 0 saturated carbocycles. The van der Waals surface area contributed by atoms with E-state index in [9.17, 15) is 18.0 Å². The summed E-state index contributed by atoms with van der Waals surface area (Å²) in [7, 11) is 0. The molecule has 0 radical (unpaired) electrons. The molecule has 0 spiro atoms. The van der Waals surface area contributed by atoms with Gasteiger partial charge in [0, 0.05) is 5.69 Å². The highest BCUT2D eigenvalue weighted by Gasteiger charge is 2.34. The van der Waals surface area contributed by atoms with Crippen LogP contribution in [0.5, 0.6) is 5.75 Å². The van der Waals surface area contributed by atoms with Gasteiger partial charge in [-0.2, -0.15) is 13.2 Å². The van der Waals surface area contributed by atoms with Gasteiger partial charge in [0.1, 0.15) is 5.75 Å². The largest absolute Gasteiger partial charge is 0.483 e. The molecule has 0 unspecified atom stereocenters. The molecule has 0 aliphatic carbocycles. The third kappa shape index (κ3) is 4.28. The second-order valence-electron chi connectivity index (χ2n) is 5.29. The molecule has 1 N–H and O–H groups in total. The number of alkyl halides is 3. The lowest BCUT2D eigenvalue weighted by Crippen LogP contribution is -2.22. The molecule has 0 heterocycles. The average molecular weight is 337 g/mol. The van der Waals surface area contributed by atoms with Gasteiger partial charge in [-0.25, -0.2) is 0 Å². The summed E-state index contributed by atoms with van der Waals surface area (Å²) in [4.78, 5) is 12.0. The molecular weight excluding hydrogens is 319 g/mol. The Kier molecular flexibility index (Phi) is 5.49. The van der Waals surface area contributed by atoms with Crippen LogP contribution >= 0.6 is 0 Å². The Morgan fingerprint density at radius 2 is 1.83 bits per heavy atom. The van der Waals surface area contributed by atoms with Crippen molar-refractivity contribution in [1.82, 2.24) is 0 Å². The number of carbonyl (C=O) groups excluding carboxylic acids is 1. The summed E-state index contributed by atoms with van der Waals surface area (Å²) in [5.41, 5.74) is 1.62. The zero-order valence-corrected chi connectivity index (χ0v) is 13.4. The first-order valence-electron chi connectivity index (χ1n) is 7.50. The average Bonchev–Trinajstić information content (AvgIpc) is 2.54. The Bertz CT molecular complexity index is 726. The van der Waals surface area contributed by atoms with Crippen LogP contribution in [0.15, 0.2) is 42.5 Å². The summed E-state index contributed by atoms with van der Waals surface area (Å²) in [6.07, 6.45) is -3.80. The van der Waals surface area contributed by atoms with E-state index >= 15 is 0 Å². The van der Waals surface area contributed by atoms with Gasteiger partial charge in [-0.3, -0.25) is 4.79 Å². The number of hydrogen-bond donors (Lipinski definition) is 1. The molecule has 24 heavy (non-hydrogen) atoms. The molecule has 2 aromatic carbocycles. The fourth-order valence-corrected chi connectivity index (χ4v) is 2.35. The predicted molar refractivity (Wildman–Crippen MR) is 86.1 cm³/mol. The number of hydrogen-bond acceptors (Lipinski definition) is 2. The molecule has 0 aromatic heterocycles. The van der Waals surface area contributed by atoms with Crippen molar-refractivity contribution in [2.24, 2.45) is 0 Å². The van der Waals surface area contributed by atoms with Gasteiger partial charge in [0.05, 0.1) is 5.56 Å². The summed E-state index contributed by atoms with van der Waals surface area (Å²) in [5.74, 6) is -0.864. The van der Waals surface area contributed by atoms with Crippen LogP contribution in [0.2, 0.25) is 0 Å². The summed E-state index contributed by atoms with van der Waals surface area (Å²) < 4.78 is 43.8. The van der Waals surface area contributed by atoms with Gasteiger partial charge in [0.25, 0.3) is 5.91 Å². The molecule has 0 atom stereocenters. The number of carbonyl (C=O) groups is 1. The summed E-state index contributed by atoms with van der Waals surface area (Å²) in [6.45, 7) is 3.32. The van der Waals surface area contributed by atoms with Crippen molar-refractivity contribution in [2.75, 3.05) is 11.9 Å². The minimum Gasteiger partial charge on any atom is -0.483 e. The van der Waals surface area contributed by atoms with E-state index in [1.165, 1.54) is 18.2 Å². The topological polar surface area (TPSA) is 38.3 Å². The van der Waals surface area contributed by atoms with E-state index in [4.69, 9.17) is 4.74 Å². The maximum Gasteiger partial charge on any atom is 0.419 e. The van der Waals surface area contributed by atoms with Crippen molar-refractivity contribution in [3.63, 3.8) is 0 Å². The zero-order chi connectivity index (χ0) is 17.7. The van der Waals surface area contributed by atoms with Gasteiger partial charge < -0.3 is 10.1 Å². The molecule has 0 fully saturated rings. The van der Waals surface area contributed by atoms with E-state index in [1.807, 2.05) is 32.0 Å². The van der Waals surface area contributed by atoms with E-state index in [1.54, 1.807) is 0 Å². The maximum absolute atomic E-state index is 12.9. The minimum atomic E-state index is -4.53. The van der Waals surface area contributed by atoms with Crippen molar-refractivity contribution in [2.45, 2.75) is 26.4 Å². The van der Waals surface area contributed by atoms with Gasteiger partial charge >= 0.3 is 6.18 Å². The number of amides is 1. The number of benzene rings is 2. The molecule has 1 amide bonds. The number of nitrogens with one attached hydrogen (secondary N) is 1. The fourth-order valence-electron chi connectivity index (χ4n) is 2.35. The van der Waals surface area contributed by atoms with Crippen LogP contribution in [-0.4, -0.2) is 12.5 Å². The summed E-state index contributed by atoms with van der Waals surface area (Å²) in [5, 5.41) is 2.71. The third-order valence-corrected chi connectivity index (χ3v) is 3.56. The van der Waals surface area contributed by atoms with Crippen LogP contribution in [0, 0.1) is 6.92 Å². The van der Waals surface area contributed by atoms with Gasteiger partial charge in [-0.15, -0.1) is 0 Å². The van der Waals surface area contributed by atoms with Crippen LogP contribution in [0.4, 0.5) is 18.9 Å². The quantitative estimate of drug-likeness (QED) is 0.866. The lowest BCUT2D eigenvalue weighted by Gasteiger charge is -2.15. The monoisotopic (exact) mass is 337 g/mol. The summed E-state index contributed by atoms with van der Waals surface area (Å²) in [6, 6.07) is 10.5. The van der Waals surface area contributed by atoms with Gasteiger partial charge in [-0.05, 0) is 36.6 Å². The van der Waals surface area contributed by atoms with Crippen molar-refractivity contribution in [3.05, 3.63) is 59.2 Å². The number of para-hydroxylation sites is 2. The molecule has 2 rings (SSSR count). The highest BCUT2D eigenvalue weighted by atomic mass is 19.4. The molecule has 2 aromatic rings. The molecular formula is C18H18F3NO2. The Morgan fingerprint density at radius 1 is 1.12 bits per heavy atom. The van der Waals surface area contributed by atoms with E-state index in [2.05, 4.69) is 5.32 Å². The van der Waals surface area contributed by atoms with Crippen LogP contribution in [0.25, 0.3) is 0 Å². The summed E-state index contributed by atoms with van der Waals surface area (Å²) >= 11 is 0. The molecule has 0 saturated heterocycles. The Hall–Kier alpha value is -2.50. The molecule has 128 valence electrons. The lowest BCUT2D eigenvalue weighted by atomic mass is 10.1. The lowest BCUT2D eigenvalue weighted by molar-refractivity contribution is -0.139. The molecule has 0 bridgehead atoms. The van der Waals surface area contributed by atoms with Crippen LogP contribution in [-0.2, 0) is 17.4 Å². The molecule has 6 heteroatoms. The smallest absolute Gasteiger partial charge is 0.419 e. The first-order valence-corrected chi connectivity index (χ1v) is 7.50. The SMILES string of the molecule is CCc1cccc(C)c1NC(=O)COc1ccccc1C(F)(F)F. The second kappa shape index (κ2) is 7.38. The predicted octanol–water partition coefficient (Wildman–Crippen LogP) is 4.59. The number of halogens is 3. The first kappa shape index (κ1) is 17.8. The number of ether oxygens (including phenoxy) is 1. The molecule has 0 aliphatic heterocycles. The van der Waals surface area contributed by atoms with E-state index in [-0.39, 0.29) is 5.75 Å². The van der Waals surface area contributed by atoms with Crippen molar-refractivity contribution < 1.29 is 22.7 Å². The van der Waals surface area contributed by atoms with Crippen LogP contribution in [0.3, 0.4) is 0 Å². The van der Waals surface area contributed by atoms with Gasteiger partial charge in [-0.1, -0.05) is 37.3 Å². The highest BCUT2D eigenvalue weighted by molar-refractivity contribution is 5.93.